The summed E-state index contributed by atoms with van der Waals surface area (Å²) in [6.45, 7) is 4.32. The number of fused-ring (bicyclic) bond motifs is 1. The molecule has 1 aromatic heterocycles. The molecule has 6 nitrogen and oxygen atoms in total. The number of aromatic nitrogens is 3. The van der Waals surface area contributed by atoms with Crippen LogP contribution in [0.25, 0.3) is 10.8 Å². The normalized spacial score (nSPS) is 10.9. The molecule has 0 saturated heterocycles. The molecule has 0 saturated carbocycles. The van der Waals surface area contributed by atoms with E-state index in [-0.39, 0.29) is 11.7 Å². The Morgan fingerprint density at radius 3 is 2.60 bits per heavy atom. The van der Waals surface area contributed by atoms with E-state index in [4.69, 9.17) is 4.74 Å². The number of aryl methyl sites for hydroxylation is 2. The van der Waals surface area contributed by atoms with Crippen molar-refractivity contribution < 1.29 is 9.53 Å². The molecule has 30 heavy (non-hydrogen) atoms. The molecule has 0 radical (unpaired) electrons. The number of benzene rings is 3. The van der Waals surface area contributed by atoms with E-state index in [0.717, 1.165) is 33.3 Å². The predicted octanol–water partition coefficient (Wildman–Crippen LogP) is 4.88. The van der Waals surface area contributed by atoms with E-state index in [1.165, 1.54) is 11.8 Å². The van der Waals surface area contributed by atoms with Crippen molar-refractivity contribution in [3.05, 3.63) is 77.6 Å². The second-order valence-corrected chi connectivity index (χ2v) is 7.92. The van der Waals surface area contributed by atoms with Crippen molar-refractivity contribution in [3.63, 3.8) is 0 Å². The van der Waals surface area contributed by atoms with Gasteiger partial charge in [0.25, 0.3) is 0 Å². The first-order valence-electron chi connectivity index (χ1n) is 9.60. The quantitative estimate of drug-likeness (QED) is 0.418. The van der Waals surface area contributed by atoms with Crippen LogP contribution in [-0.2, 0) is 11.4 Å². The lowest BCUT2D eigenvalue weighted by molar-refractivity contribution is -0.113. The number of rotatable bonds is 7. The van der Waals surface area contributed by atoms with Crippen LogP contribution in [0.5, 0.6) is 5.75 Å². The summed E-state index contributed by atoms with van der Waals surface area (Å²) in [5, 5.41) is 12.7. The van der Waals surface area contributed by atoms with Gasteiger partial charge < -0.3 is 10.1 Å². The van der Waals surface area contributed by atoms with Crippen molar-refractivity contribution in [2.45, 2.75) is 25.6 Å². The van der Waals surface area contributed by atoms with Gasteiger partial charge in [-0.25, -0.2) is 4.98 Å². The van der Waals surface area contributed by atoms with Crippen LogP contribution in [0.15, 0.2) is 65.8 Å². The van der Waals surface area contributed by atoms with Gasteiger partial charge in [-0.1, -0.05) is 60.3 Å². The van der Waals surface area contributed by atoms with Gasteiger partial charge in [-0.3, -0.25) is 9.89 Å². The fourth-order valence-electron chi connectivity index (χ4n) is 3.17. The highest BCUT2D eigenvalue weighted by Gasteiger charge is 2.10. The predicted molar refractivity (Wildman–Crippen MR) is 120 cm³/mol. The van der Waals surface area contributed by atoms with E-state index >= 15 is 0 Å². The largest absolute Gasteiger partial charge is 0.485 e. The maximum Gasteiger partial charge on any atom is 0.234 e. The van der Waals surface area contributed by atoms with Crippen LogP contribution < -0.4 is 10.1 Å². The fraction of sp³-hybridized carbons (Fsp3) is 0.174. The van der Waals surface area contributed by atoms with E-state index < -0.39 is 0 Å². The zero-order valence-electron chi connectivity index (χ0n) is 16.8. The maximum absolute atomic E-state index is 12.3. The van der Waals surface area contributed by atoms with E-state index in [1.54, 1.807) is 0 Å². The van der Waals surface area contributed by atoms with Gasteiger partial charge in [0.15, 0.2) is 5.82 Å². The molecule has 0 aliphatic carbocycles. The van der Waals surface area contributed by atoms with Gasteiger partial charge in [0.2, 0.25) is 11.1 Å². The molecule has 0 bridgehead atoms. The molecular weight excluding hydrogens is 396 g/mol. The van der Waals surface area contributed by atoms with Gasteiger partial charge in [0.05, 0.1) is 5.75 Å². The summed E-state index contributed by atoms with van der Waals surface area (Å²) >= 11 is 1.28. The Morgan fingerprint density at radius 1 is 1.03 bits per heavy atom. The molecule has 4 aromatic rings. The Balaban J connectivity index is 1.29. The average Bonchev–Trinajstić information content (AvgIpc) is 3.20. The summed E-state index contributed by atoms with van der Waals surface area (Å²) in [6, 6.07) is 19.9. The maximum atomic E-state index is 12.3. The van der Waals surface area contributed by atoms with Gasteiger partial charge in [-0.05, 0) is 47.9 Å². The summed E-state index contributed by atoms with van der Waals surface area (Å²) in [6.07, 6.45) is 0. The molecule has 0 unspecified atom stereocenters. The molecule has 0 aliphatic rings. The summed E-state index contributed by atoms with van der Waals surface area (Å²) in [7, 11) is 0. The second kappa shape index (κ2) is 9.00. The molecular formula is C23H22N4O2S. The zero-order valence-corrected chi connectivity index (χ0v) is 17.6. The molecule has 3 aromatic carbocycles. The van der Waals surface area contributed by atoms with E-state index in [1.807, 2.05) is 74.5 Å². The van der Waals surface area contributed by atoms with Crippen LogP contribution in [-0.4, -0.2) is 26.8 Å². The molecule has 152 valence electrons. The molecule has 0 fully saturated rings. The minimum atomic E-state index is -0.103. The Labute approximate surface area is 179 Å². The number of carbonyl (C=O) groups excluding carboxylic acids is 1. The number of aromatic amines is 1. The Morgan fingerprint density at radius 2 is 1.80 bits per heavy atom. The van der Waals surface area contributed by atoms with Crippen molar-refractivity contribution >= 4 is 34.1 Å². The third-order valence-electron chi connectivity index (χ3n) is 4.64. The lowest BCUT2D eigenvalue weighted by Gasteiger charge is -2.10. The van der Waals surface area contributed by atoms with Crippen LogP contribution >= 0.6 is 11.8 Å². The molecule has 2 N–H and O–H groups in total. The molecule has 0 aliphatic heterocycles. The van der Waals surface area contributed by atoms with Crippen LogP contribution in [0.1, 0.15) is 17.0 Å². The molecule has 0 spiro atoms. The summed E-state index contributed by atoms with van der Waals surface area (Å²) in [5.41, 5.74) is 2.93. The van der Waals surface area contributed by atoms with Crippen molar-refractivity contribution in [3.8, 4) is 5.75 Å². The number of amides is 1. The van der Waals surface area contributed by atoms with E-state index in [2.05, 4.69) is 20.5 Å². The lowest BCUT2D eigenvalue weighted by Crippen LogP contribution is -2.14. The van der Waals surface area contributed by atoms with Gasteiger partial charge in [0, 0.05) is 5.69 Å². The minimum Gasteiger partial charge on any atom is -0.485 e. The van der Waals surface area contributed by atoms with Gasteiger partial charge in [-0.15, -0.1) is 5.10 Å². The molecule has 1 amide bonds. The monoisotopic (exact) mass is 418 g/mol. The SMILES string of the molecule is Cc1cccc(C)c1OCc1nc(SCC(=O)Nc2ccc3ccccc3c2)n[nH]1. The number of para-hydroxylation sites is 1. The second-order valence-electron chi connectivity index (χ2n) is 6.97. The topological polar surface area (TPSA) is 79.9 Å². The first-order chi connectivity index (χ1) is 14.6. The minimum absolute atomic E-state index is 0.103. The van der Waals surface area contributed by atoms with E-state index in [9.17, 15) is 4.79 Å². The van der Waals surface area contributed by atoms with Crippen LogP contribution in [0, 0.1) is 13.8 Å². The van der Waals surface area contributed by atoms with Crippen LogP contribution in [0.4, 0.5) is 5.69 Å². The Bertz CT molecular complexity index is 1170. The Hall–Kier alpha value is -3.32. The number of hydrogen-bond acceptors (Lipinski definition) is 5. The summed E-state index contributed by atoms with van der Waals surface area (Å²) in [4.78, 5) is 16.7. The molecule has 4 rings (SSSR count). The molecule has 0 atom stereocenters. The number of thioether (sulfide) groups is 1. The standard InChI is InChI=1S/C23H22N4O2S/c1-15-6-5-7-16(2)22(15)29-13-20-25-23(27-26-20)30-14-21(28)24-19-11-10-17-8-3-4-9-18(17)12-19/h3-12H,13-14H2,1-2H3,(H,24,28)(H,25,26,27). The number of H-pyrrole nitrogens is 1. The van der Waals surface area contributed by atoms with Crippen molar-refractivity contribution in [2.75, 3.05) is 11.1 Å². The number of anilines is 1. The lowest BCUT2D eigenvalue weighted by atomic mass is 10.1. The summed E-state index contributed by atoms with van der Waals surface area (Å²) in [5.74, 6) is 1.60. The molecule has 7 heteroatoms. The van der Waals surface area contributed by atoms with Crippen molar-refractivity contribution in [1.29, 1.82) is 0 Å². The average molecular weight is 419 g/mol. The fourth-order valence-corrected chi connectivity index (χ4v) is 3.79. The molecule has 1 heterocycles. The highest BCUT2D eigenvalue weighted by Crippen LogP contribution is 2.23. The van der Waals surface area contributed by atoms with Gasteiger partial charge >= 0.3 is 0 Å². The summed E-state index contributed by atoms with van der Waals surface area (Å²) < 4.78 is 5.88. The highest BCUT2D eigenvalue weighted by atomic mass is 32.2. The Kier molecular flexibility index (Phi) is 5.99. The van der Waals surface area contributed by atoms with Gasteiger partial charge in [0.1, 0.15) is 12.4 Å². The third kappa shape index (κ3) is 4.80. The number of nitrogens with one attached hydrogen (secondary N) is 2. The number of ether oxygens (including phenoxy) is 1. The highest BCUT2D eigenvalue weighted by molar-refractivity contribution is 7.99. The van der Waals surface area contributed by atoms with Crippen LogP contribution in [0.3, 0.4) is 0 Å². The number of hydrogen-bond donors (Lipinski definition) is 2. The first kappa shape index (κ1) is 20.0. The third-order valence-corrected chi connectivity index (χ3v) is 5.49. The van der Waals surface area contributed by atoms with Crippen LogP contribution in [0.2, 0.25) is 0 Å². The number of carbonyl (C=O) groups is 1. The first-order valence-corrected chi connectivity index (χ1v) is 10.6. The smallest absolute Gasteiger partial charge is 0.234 e. The zero-order chi connectivity index (χ0) is 20.9. The van der Waals surface area contributed by atoms with Crippen molar-refractivity contribution in [2.24, 2.45) is 0 Å². The van der Waals surface area contributed by atoms with E-state index in [0.29, 0.717) is 17.6 Å². The van der Waals surface area contributed by atoms with Crippen molar-refractivity contribution in [1.82, 2.24) is 15.2 Å². The van der Waals surface area contributed by atoms with Gasteiger partial charge in [-0.2, -0.15) is 0 Å². The number of nitrogens with zero attached hydrogens (tertiary/aromatic N) is 2.